The van der Waals surface area contributed by atoms with Crippen LogP contribution in [0.2, 0.25) is 0 Å². The number of carbonyl (C=O) groups excluding carboxylic acids is 1. The average molecular weight is 375 g/mol. The predicted octanol–water partition coefficient (Wildman–Crippen LogP) is 5.11. The van der Waals surface area contributed by atoms with Crippen LogP contribution < -0.4 is 10.2 Å². The van der Waals surface area contributed by atoms with E-state index in [0.29, 0.717) is 0 Å². The maximum atomic E-state index is 10.9. The topological polar surface area (TPSA) is 61.4 Å². The first-order chi connectivity index (χ1) is 11.7. The minimum Gasteiger partial charge on any atom is -0.325 e. The van der Waals surface area contributed by atoms with Crippen molar-refractivity contribution in [2.24, 2.45) is 0 Å². The Hall–Kier alpha value is -2.06. The van der Waals surface area contributed by atoms with Crippen LogP contribution in [0.5, 0.6) is 0 Å². The fourth-order valence-corrected chi connectivity index (χ4v) is 4.53. The third-order valence-corrected chi connectivity index (χ3v) is 6.18. The number of carbonyl (C=O) groups is 1. The Kier molecular flexibility index (Phi) is 5.71. The molecule has 0 aliphatic rings. The zero-order valence-electron chi connectivity index (χ0n) is 12.4. The van der Waals surface area contributed by atoms with E-state index in [2.05, 4.69) is 34.4 Å². The minimum absolute atomic E-state index is 0.549. The molecule has 2 heterocycles. The van der Waals surface area contributed by atoms with E-state index in [-0.39, 0.29) is 0 Å². The molecule has 122 valence electrons. The van der Waals surface area contributed by atoms with Crippen molar-refractivity contribution in [1.29, 1.82) is 0 Å². The normalized spacial score (nSPS) is 10.9. The van der Waals surface area contributed by atoms with Crippen LogP contribution in [-0.2, 0) is 4.79 Å². The van der Waals surface area contributed by atoms with Gasteiger partial charge in [0.15, 0.2) is 0 Å². The monoisotopic (exact) mass is 374 g/mol. The largest absolute Gasteiger partial charge is 0.325 e. The highest BCUT2D eigenvalue weighted by atomic mass is 32.2. The molecule has 0 fully saturated rings. The summed E-state index contributed by atoms with van der Waals surface area (Å²) in [6, 6.07) is 16.1. The van der Waals surface area contributed by atoms with Crippen LogP contribution in [-0.4, -0.2) is 11.1 Å². The molecule has 4 nitrogen and oxygen atoms in total. The lowest BCUT2D eigenvalue weighted by molar-refractivity contribution is -0.124. The summed E-state index contributed by atoms with van der Waals surface area (Å²) in [4.78, 5) is 13.5. The average Bonchev–Trinajstić information content (AvgIpc) is 3.29. The first kappa shape index (κ1) is 16.8. The minimum atomic E-state index is -0.549. The second-order valence-corrected chi connectivity index (χ2v) is 7.87. The molecule has 0 bridgehead atoms. The Morgan fingerprint density at radius 1 is 1.08 bits per heavy atom. The molecule has 1 aromatic carbocycles. The number of hydrogen-bond donors (Lipinski definition) is 3. The Morgan fingerprint density at radius 2 is 1.92 bits per heavy atom. The molecule has 3 N–H and O–H groups in total. The molecule has 0 aliphatic heterocycles. The van der Waals surface area contributed by atoms with Crippen LogP contribution in [0.25, 0.3) is 15.8 Å². The summed E-state index contributed by atoms with van der Waals surface area (Å²) >= 11 is 5.08. The molecule has 24 heavy (non-hydrogen) atoms. The lowest BCUT2D eigenvalue weighted by atomic mass is 10.2. The zero-order valence-corrected chi connectivity index (χ0v) is 14.9. The lowest BCUT2D eigenvalue weighted by Gasteiger charge is -2.03. The van der Waals surface area contributed by atoms with Gasteiger partial charge in [-0.3, -0.25) is 10.0 Å². The van der Waals surface area contributed by atoms with Crippen molar-refractivity contribution in [3.05, 3.63) is 65.6 Å². The summed E-state index contributed by atoms with van der Waals surface area (Å²) in [5, 5.41) is 10.5. The van der Waals surface area contributed by atoms with E-state index in [4.69, 9.17) is 5.21 Å². The molecular weight excluding hydrogens is 360 g/mol. The van der Waals surface area contributed by atoms with Gasteiger partial charge in [0, 0.05) is 21.5 Å². The van der Waals surface area contributed by atoms with Crippen LogP contribution in [0.4, 0.5) is 5.69 Å². The number of benzene rings is 1. The van der Waals surface area contributed by atoms with Crippen LogP contribution >= 0.6 is 34.6 Å². The number of rotatable bonds is 6. The molecule has 0 atom stereocenters. The van der Waals surface area contributed by atoms with Gasteiger partial charge in [-0.25, -0.2) is 5.48 Å². The molecule has 0 spiro atoms. The summed E-state index contributed by atoms with van der Waals surface area (Å²) < 4.78 is 4.51. The van der Waals surface area contributed by atoms with Crippen molar-refractivity contribution in [1.82, 2.24) is 5.48 Å². The SMILES string of the molecule is O=C(/C=C/c1ccc(NSc2ccc(-c3cccs3)s2)cc1)NO. The molecule has 0 aliphatic carbocycles. The van der Waals surface area contributed by atoms with Gasteiger partial charge in [-0.1, -0.05) is 18.2 Å². The number of amides is 1. The van der Waals surface area contributed by atoms with E-state index >= 15 is 0 Å². The Bertz CT molecular complexity index is 824. The highest BCUT2D eigenvalue weighted by Crippen LogP contribution is 2.36. The van der Waals surface area contributed by atoms with Gasteiger partial charge in [0.2, 0.25) is 0 Å². The highest BCUT2D eigenvalue weighted by Gasteiger charge is 2.04. The van der Waals surface area contributed by atoms with Gasteiger partial charge in [-0.05, 0) is 59.3 Å². The van der Waals surface area contributed by atoms with Crippen molar-refractivity contribution in [3.63, 3.8) is 0 Å². The molecule has 3 rings (SSSR count). The second-order valence-electron chi connectivity index (χ2n) is 4.73. The number of anilines is 1. The van der Waals surface area contributed by atoms with E-state index in [9.17, 15) is 4.79 Å². The molecule has 3 aromatic rings. The van der Waals surface area contributed by atoms with E-state index < -0.39 is 5.91 Å². The summed E-state index contributed by atoms with van der Waals surface area (Å²) in [5.41, 5.74) is 3.42. The van der Waals surface area contributed by atoms with Crippen LogP contribution in [0.1, 0.15) is 5.56 Å². The fourth-order valence-electron chi connectivity index (χ4n) is 1.91. The van der Waals surface area contributed by atoms with Gasteiger partial charge in [0.1, 0.15) is 0 Å². The lowest BCUT2D eigenvalue weighted by Crippen LogP contribution is -2.14. The van der Waals surface area contributed by atoms with Gasteiger partial charge >= 0.3 is 0 Å². The maximum absolute atomic E-state index is 10.9. The summed E-state index contributed by atoms with van der Waals surface area (Å²) in [6.07, 6.45) is 2.91. The number of thiophene rings is 2. The first-order valence-electron chi connectivity index (χ1n) is 7.03. The molecule has 1 amide bonds. The standard InChI is InChI=1S/C17H14N2O2S3/c20-16(18-21)9-5-12-3-6-13(7-4-12)19-24-17-10-8-15(23-17)14-2-1-11-22-14/h1-11,19,21H,(H,18,20)/b9-5+. The van der Waals surface area contributed by atoms with E-state index in [1.807, 2.05) is 24.3 Å². The second kappa shape index (κ2) is 8.16. The molecule has 0 radical (unpaired) electrons. The van der Waals surface area contributed by atoms with Crippen LogP contribution in [0.3, 0.4) is 0 Å². The molecule has 0 unspecified atom stereocenters. The van der Waals surface area contributed by atoms with Crippen molar-refractivity contribution in [3.8, 4) is 9.75 Å². The molecule has 0 saturated heterocycles. The molecule has 2 aromatic heterocycles. The smallest absolute Gasteiger partial charge is 0.267 e. The van der Waals surface area contributed by atoms with Crippen molar-refractivity contribution < 1.29 is 10.0 Å². The molecule has 0 saturated carbocycles. The van der Waals surface area contributed by atoms with Crippen molar-refractivity contribution in [2.45, 2.75) is 4.21 Å². The van der Waals surface area contributed by atoms with Gasteiger partial charge in [0.05, 0.1) is 4.21 Å². The Labute approximate surface area is 151 Å². The maximum Gasteiger partial charge on any atom is 0.267 e. The summed E-state index contributed by atoms with van der Waals surface area (Å²) in [6.45, 7) is 0. The van der Waals surface area contributed by atoms with E-state index in [1.54, 1.807) is 46.2 Å². The van der Waals surface area contributed by atoms with Crippen LogP contribution in [0.15, 0.2) is 64.2 Å². The van der Waals surface area contributed by atoms with E-state index in [0.717, 1.165) is 11.3 Å². The predicted molar refractivity (Wildman–Crippen MR) is 103 cm³/mol. The first-order valence-corrected chi connectivity index (χ1v) is 9.54. The number of hydroxylamine groups is 1. The van der Waals surface area contributed by atoms with Crippen molar-refractivity contribution >= 4 is 52.3 Å². The van der Waals surface area contributed by atoms with Crippen LogP contribution in [0, 0.1) is 0 Å². The number of nitrogens with one attached hydrogen (secondary N) is 2. The zero-order chi connectivity index (χ0) is 16.8. The highest BCUT2D eigenvalue weighted by molar-refractivity contribution is 8.02. The number of hydrogen-bond acceptors (Lipinski definition) is 6. The quantitative estimate of drug-likeness (QED) is 0.243. The van der Waals surface area contributed by atoms with Crippen molar-refractivity contribution in [2.75, 3.05) is 4.72 Å². The third-order valence-electron chi connectivity index (χ3n) is 3.06. The fraction of sp³-hybridized carbons (Fsp3) is 0. The molecule has 7 heteroatoms. The van der Waals surface area contributed by atoms with E-state index in [1.165, 1.54) is 20.0 Å². The van der Waals surface area contributed by atoms with Gasteiger partial charge < -0.3 is 4.72 Å². The van der Waals surface area contributed by atoms with Gasteiger partial charge in [-0.15, -0.1) is 22.7 Å². The third kappa shape index (κ3) is 4.48. The summed E-state index contributed by atoms with van der Waals surface area (Å²) in [7, 11) is 0. The van der Waals surface area contributed by atoms with Gasteiger partial charge in [0.25, 0.3) is 5.91 Å². The van der Waals surface area contributed by atoms with Gasteiger partial charge in [-0.2, -0.15) is 0 Å². The molecular formula is C17H14N2O2S3. The Balaban J connectivity index is 1.57. The summed E-state index contributed by atoms with van der Waals surface area (Å²) in [5.74, 6) is -0.549. The Morgan fingerprint density at radius 3 is 2.62 bits per heavy atom.